The van der Waals surface area contributed by atoms with E-state index < -0.39 is 0 Å². The zero-order valence-corrected chi connectivity index (χ0v) is 17.0. The number of carbonyl (C=O) groups excluding carboxylic acids is 2. The molecule has 2 aromatic rings. The van der Waals surface area contributed by atoms with Crippen molar-refractivity contribution in [2.45, 2.75) is 45.2 Å². The van der Waals surface area contributed by atoms with Gasteiger partial charge >= 0.3 is 0 Å². The Hall–Kier alpha value is -2.86. The van der Waals surface area contributed by atoms with Crippen LogP contribution in [0.25, 0.3) is 0 Å². The van der Waals surface area contributed by atoms with E-state index in [1.807, 2.05) is 30.9 Å². The third kappa shape index (κ3) is 4.95. The summed E-state index contributed by atoms with van der Waals surface area (Å²) < 4.78 is 0. The zero-order chi connectivity index (χ0) is 21.0. The number of benzene rings is 2. The van der Waals surface area contributed by atoms with Crippen LogP contribution in [0.1, 0.15) is 64.4 Å². The topological polar surface area (TPSA) is 95.7 Å². The van der Waals surface area contributed by atoms with Crippen molar-refractivity contribution in [2.24, 2.45) is 5.73 Å². The number of phenols is 1. The molecule has 1 fully saturated rings. The highest BCUT2D eigenvalue weighted by molar-refractivity contribution is 6.01. The number of nitrogens with one attached hydrogen (secondary N) is 1. The van der Waals surface area contributed by atoms with Crippen molar-refractivity contribution < 1.29 is 14.7 Å². The number of aromatic hydroxyl groups is 1. The van der Waals surface area contributed by atoms with Crippen LogP contribution in [-0.4, -0.2) is 41.0 Å². The van der Waals surface area contributed by atoms with Crippen molar-refractivity contribution >= 4 is 11.8 Å². The number of rotatable bonds is 5. The minimum Gasteiger partial charge on any atom is -0.507 e. The standard InChI is InChI=1S/C23H29N3O3/c1-15(2)25-22(28)20-13-19(6-7-21(20)27)23(29)26-10-8-17(9-11-26)18-5-3-4-16(12-18)14-24/h3-7,12-13,15,17,27H,8-11,14,24H2,1-2H3,(H,25,28). The molecule has 3 rings (SSSR count). The van der Waals surface area contributed by atoms with Gasteiger partial charge < -0.3 is 21.1 Å². The molecule has 6 heteroatoms. The summed E-state index contributed by atoms with van der Waals surface area (Å²) in [7, 11) is 0. The van der Waals surface area contributed by atoms with Crippen LogP contribution in [0.15, 0.2) is 42.5 Å². The summed E-state index contributed by atoms with van der Waals surface area (Å²) in [6, 6.07) is 12.7. The van der Waals surface area contributed by atoms with Crippen LogP contribution in [-0.2, 0) is 6.54 Å². The summed E-state index contributed by atoms with van der Waals surface area (Å²) in [6.07, 6.45) is 1.77. The third-order valence-corrected chi connectivity index (χ3v) is 5.35. The summed E-state index contributed by atoms with van der Waals surface area (Å²) in [5, 5.41) is 12.8. The van der Waals surface area contributed by atoms with Gasteiger partial charge in [-0.1, -0.05) is 24.3 Å². The second kappa shape index (κ2) is 9.09. The minimum atomic E-state index is -0.384. The van der Waals surface area contributed by atoms with E-state index in [1.165, 1.54) is 17.7 Å². The first-order valence-corrected chi connectivity index (χ1v) is 10.1. The van der Waals surface area contributed by atoms with Gasteiger partial charge in [0, 0.05) is 31.2 Å². The number of nitrogens with two attached hydrogens (primary N) is 1. The van der Waals surface area contributed by atoms with Crippen LogP contribution in [0.5, 0.6) is 5.75 Å². The molecular weight excluding hydrogens is 366 g/mol. The quantitative estimate of drug-likeness (QED) is 0.725. The lowest BCUT2D eigenvalue weighted by Crippen LogP contribution is -2.38. The van der Waals surface area contributed by atoms with Crippen LogP contribution >= 0.6 is 0 Å². The molecule has 154 valence electrons. The van der Waals surface area contributed by atoms with Crippen molar-refractivity contribution in [2.75, 3.05) is 13.1 Å². The van der Waals surface area contributed by atoms with E-state index in [1.54, 1.807) is 6.07 Å². The van der Waals surface area contributed by atoms with E-state index in [9.17, 15) is 14.7 Å². The lowest BCUT2D eigenvalue weighted by atomic mass is 9.88. The van der Waals surface area contributed by atoms with Gasteiger partial charge in [0.05, 0.1) is 5.56 Å². The van der Waals surface area contributed by atoms with Gasteiger partial charge in [0.1, 0.15) is 5.75 Å². The first-order valence-electron chi connectivity index (χ1n) is 10.1. The van der Waals surface area contributed by atoms with Crippen molar-refractivity contribution in [1.29, 1.82) is 0 Å². The van der Waals surface area contributed by atoms with E-state index in [0.29, 0.717) is 31.1 Å². The molecule has 1 aliphatic rings. The molecule has 2 amide bonds. The number of carbonyl (C=O) groups is 2. The minimum absolute atomic E-state index is 0.0574. The van der Waals surface area contributed by atoms with Gasteiger partial charge in [-0.25, -0.2) is 0 Å². The van der Waals surface area contributed by atoms with Gasteiger partial charge in [0.2, 0.25) is 0 Å². The van der Waals surface area contributed by atoms with Gasteiger partial charge in [0.25, 0.3) is 11.8 Å². The fraction of sp³-hybridized carbons (Fsp3) is 0.391. The molecule has 1 heterocycles. The zero-order valence-electron chi connectivity index (χ0n) is 17.0. The molecule has 6 nitrogen and oxygen atoms in total. The van der Waals surface area contributed by atoms with E-state index in [4.69, 9.17) is 5.73 Å². The molecule has 0 bridgehead atoms. The first kappa shape index (κ1) is 20.9. The van der Waals surface area contributed by atoms with Crippen LogP contribution in [0, 0.1) is 0 Å². The molecule has 1 saturated heterocycles. The maximum Gasteiger partial charge on any atom is 0.255 e. The van der Waals surface area contributed by atoms with Gasteiger partial charge in [-0.3, -0.25) is 9.59 Å². The smallest absolute Gasteiger partial charge is 0.255 e. The maximum absolute atomic E-state index is 12.9. The lowest BCUT2D eigenvalue weighted by Gasteiger charge is -2.32. The normalized spacial score (nSPS) is 14.8. The largest absolute Gasteiger partial charge is 0.507 e. The molecule has 0 aromatic heterocycles. The molecule has 1 aliphatic heterocycles. The Kier molecular flexibility index (Phi) is 6.54. The Morgan fingerprint density at radius 3 is 2.55 bits per heavy atom. The van der Waals surface area contributed by atoms with E-state index in [-0.39, 0.29) is 29.2 Å². The Bertz CT molecular complexity index is 887. The average molecular weight is 396 g/mol. The predicted molar refractivity (Wildman–Crippen MR) is 113 cm³/mol. The maximum atomic E-state index is 12.9. The summed E-state index contributed by atoms with van der Waals surface area (Å²) >= 11 is 0. The Morgan fingerprint density at radius 2 is 1.90 bits per heavy atom. The van der Waals surface area contributed by atoms with Crippen molar-refractivity contribution in [3.8, 4) is 5.75 Å². The monoisotopic (exact) mass is 395 g/mol. The van der Waals surface area contributed by atoms with E-state index >= 15 is 0 Å². The number of nitrogens with zero attached hydrogens (tertiary/aromatic N) is 1. The summed E-state index contributed by atoms with van der Waals surface area (Å²) in [5.74, 6) is -0.209. The molecule has 4 N–H and O–H groups in total. The second-order valence-corrected chi connectivity index (χ2v) is 7.88. The van der Waals surface area contributed by atoms with Gasteiger partial charge in [0.15, 0.2) is 0 Å². The van der Waals surface area contributed by atoms with Crippen molar-refractivity contribution in [1.82, 2.24) is 10.2 Å². The summed E-state index contributed by atoms with van der Waals surface area (Å²) in [4.78, 5) is 27.0. The number of hydrogen-bond acceptors (Lipinski definition) is 4. The highest BCUT2D eigenvalue weighted by Crippen LogP contribution is 2.29. The molecular formula is C23H29N3O3. The number of amides is 2. The number of piperidine rings is 1. The van der Waals surface area contributed by atoms with Crippen LogP contribution in [0.3, 0.4) is 0 Å². The van der Waals surface area contributed by atoms with Crippen LogP contribution in [0.2, 0.25) is 0 Å². The molecule has 0 atom stereocenters. The summed E-state index contributed by atoms with van der Waals surface area (Å²) in [6.45, 7) is 5.53. The highest BCUT2D eigenvalue weighted by atomic mass is 16.3. The molecule has 0 unspecified atom stereocenters. The van der Waals surface area contributed by atoms with E-state index in [2.05, 4.69) is 17.4 Å². The molecule has 0 radical (unpaired) electrons. The van der Waals surface area contributed by atoms with Gasteiger partial charge in [-0.2, -0.15) is 0 Å². The fourth-order valence-corrected chi connectivity index (χ4v) is 3.76. The molecule has 0 saturated carbocycles. The van der Waals surface area contributed by atoms with Gasteiger partial charge in [-0.05, 0) is 61.9 Å². The van der Waals surface area contributed by atoms with Crippen LogP contribution < -0.4 is 11.1 Å². The first-order chi connectivity index (χ1) is 13.9. The molecule has 29 heavy (non-hydrogen) atoms. The lowest BCUT2D eigenvalue weighted by molar-refractivity contribution is 0.0713. The van der Waals surface area contributed by atoms with E-state index in [0.717, 1.165) is 18.4 Å². The predicted octanol–water partition coefficient (Wildman–Crippen LogP) is 3.01. The highest BCUT2D eigenvalue weighted by Gasteiger charge is 2.25. The SMILES string of the molecule is CC(C)NC(=O)c1cc(C(=O)N2CCC(c3cccc(CN)c3)CC2)ccc1O. The Balaban J connectivity index is 1.68. The fourth-order valence-electron chi connectivity index (χ4n) is 3.76. The van der Waals surface area contributed by atoms with Crippen molar-refractivity contribution in [3.63, 3.8) is 0 Å². The molecule has 0 aliphatic carbocycles. The summed E-state index contributed by atoms with van der Waals surface area (Å²) in [5.41, 5.74) is 8.68. The number of hydrogen-bond donors (Lipinski definition) is 3. The Labute approximate surface area is 171 Å². The van der Waals surface area contributed by atoms with Crippen LogP contribution in [0.4, 0.5) is 0 Å². The van der Waals surface area contributed by atoms with Gasteiger partial charge in [-0.15, -0.1) is 0 Å². The number of phenolic OH excluding ortho intramolecular Hbond substituents is 1. The average Bonchev–Trinajstić information content (AvgIpc) is 2.73. The molecule has 2 aromatic carbocycles. The molecule has 0 spiro atoms. The Morgan fingerprint density at radius 1 is 1.17 bits per heavy atom. The third-order valence-electron chi connectivity index (χ3n) is 5.35. The second-order valence-electron chi connectivity index (χ2n) is 7.88. The number of likely N-dealkylation sites (tertiary alicyclic amines) is 1. The van der Waals surface area contributed by atoms with Crippen molar-refractivity contribution in [3.05, 3.63) is 64.7 Å².